The molecule has 5 heteroatoms. The van der Waals surface area contributed by atoms with Crippen molar-refractivity contribution < 1.29 is 14.3 Å². The Morgan fingerprint density at radius 1 is 1.35 bits per heavy atom. The van der Waals surface area contributed by atoms with Crippen molar-refractivity contribution >= 4 is 11.6 Å². The lowest BCUT2D eigenvalue weighted by molar-refractivity contribution is -0.117. The van der Waals surface area contributed by atoms with Gasteiger partial charge in [0.1, 0.15) is 0 Å². The van der Waals surface area contributed by atoms with Crippen molar-refractivity contribution in [3.05, 3.63) is 18.2 Å². The molecule has 0 bridgehead atoms. The van der Waals surface area contributed by atoms with E-state index >= 15 is 0 Å². The van der Waals surface area contributed by atoms with Crippen LogP contribution in [0.5, 0.6) is 11.5 Å². The van der Waals surface area contributed by atoms with Crippen LogP contribution >= 0.6 is 0 Å². The first kappa shape index (κ1) is 16.3. The van der Waals surface area contributed by atoms with Crippen LogP contribution in [-0.4, -0.2) is 25.7 Å². The Hall–Kier alpha value is -1.75. The number of hydrogen-bond acceptors (Lipinski definition) is 4. The normalized spacial score (nSPS) is 11.8. The predicted molar refractivity (Wildman–Crippen MR) is 80.3 cm³/mol. The van der Waals surface area contributed by atoms with E-state index in [4.69, 9.17) is 15.2 Å². The number of nitrogens with two attached hydrogens (primary N) is 1. The molecule has 1 rings (SSSR count). The van der Waals surface area contributed by atoms with E-state index in [-0.39, 0.29) is 5.91 Å². The van der Waals surface area contributed by atoms with E-state index in [1.54, 1.807) is 25.3 Å². The third kappa shape index (κ3) is 4.74. The molecule has 0 heterocycles. The maximum Gasteiger partial charge on any atom is 0.241 e. The zero-order valence-electron chi connectivity index (χ0n) is 12.4. The summed E-state index contributed by atoms with van der Waals surface area (Å²) in [6.45, 7) is 4.54. The molecule has 1 unspecified atom stereocenters. The fourth-order valence-corrected chi connectivity index (χ4v) is 1.81. The van der Waals surface area contributed by atoms with Gasteiger partial charge in [-0.2, -0.15) is 0 Å². The number of carbonyl (C=O) groups excluding carboxylic acids is 1. The summed E-state index contributed by atoms with van der Waals surface area (Å²) in [6.07, 6.45) is 2.66. The van der Waals surface area contributed by atoms with Gasteiger partial charge in [0.05, 0.1) is 19.8 Å². The molecule has 0 aliphatic rings. The second-order valence-electron chi connectivity index (χ2n) is 4.54. The summed E-state index contributed by atoms with van der Waals surface area (Å²) < 4.78 is 10.7. The summed E-state index contributed by atoms with van der Waals surface area (Å²) in [6, 6.07) is 4.80. The Kier molecular flexibility index (Phi) is 6.87. The second-order valence-corrected chi connectivity index (χ2v) is 4.54. The lowest BCUT2D eigenvalue weighted by atomic mass is 10.1. The van der Waals surface area contributed by atoms with Crippen LogP contribution in [0, 0.1) is 0 Å². The molecule has 20 heavy (non-hydrogen) atoms. The molecule has 0 aliphatic carbocycles. The summed E-state index contributed by atoms with van der Waals surface area (Å²) in [7, 11) is 1.57. The van der Waals surface area contributed by atoms with Gasteiger partial charge < -0.3 is 20.5 Å². The van der Waals surface area contributed by atoms with Crippen LogP contribution < -0.4 is 20.5 Å². The highest BCUT2D eigenvalue weighted by Gasteiger charge is 2.14. The maximum atomic E-state index is 11.9. The van der Waals surface area contributed by atoms with Gasteiger partial charge in [-0.3, -0.25) is 4.79 Å². The topological polar surface area (TPSA) is 73.6 Å². The summed E-state index contributed by atoms with van der Waals surface area (Å²) in [5.41, 5.74) is 6.49. The molecule has 0 aromatic heterocycles. The highest BCUT2D eigenvalue weighted by atomic mass is 16.5. The summed E-state index contributed by atoms with van der Waals surface area (Å²) in [5, 5.41) is 2.80. The Labute approximate surface area is 120 Å². The molecule has 1 aromatic rings. The molecule has 1 aromatic carbocycles. The smallest absolute Gasteiger partial charge is 0.241 e. The first-order chi connectivity index (χ1) is 9.62. The summed E-state index contributed by atoms with van der Waals surface area (Å²) in [4.78, 5) is 11.9. The van der Waals surface area contributed by atoms with Gasteiger partial charge in [-0.05, 0) is 25.5 Å². The molecule has 112 valence electrons. The van der Waals surface area contributed by atoms with Crippen molar-refractivity contribution in [3.8, 4) is 11.5 Å². The summed E-state index contributed by atoms with van der Waals surface area (Å²) in [5.74, 6) is 1.07. The highest BCUT2D eigenvalue weighted by molar-refractivity contribution is 5.94. The fourth-order valence-electron chi connectivity index (χ4n) is 1.81. The van der Waals surface area contributed by atoms with Crippen molar-refractivity contribution in [3.63, 3.8) is 0 Å². The molecule has 5 nitrogen and oxygen atoms in total. The Bertz CT molecular complexity index is 435. The van der Waals surface area contributed by atoms with Crippen LogP contribution in [-0.2, 0) is 4.79 Å². The minimum Gasteiger partial charge on any atom is -0.493 e. The van der Waals surface area contributed by atoms with Crippen molar-refractivity contribution in [1.82, 2.24) is 0 Å². The predicted octanol–water partition coefficient (Wildman–Crippen LogP) is 2.55. The van der Waals surface area contributed by atoms with Crippen LogP contribution in [0.2, 0.25) is 0 Å². The lowest BCUT2D eigenvalue weighted by Crippen LogP contribution is -2.35. The van der Waals surface area contributed by atoms with E-state index in [0.29, 0.717) is 30.2 Å². The van der Waals surface area contributed by atoms with E-state index < -0.39 is 6.04 Å². The van der Waals surface area contributed by atoms with Gasteiger partial charge in [0.25, 0.3) is 0 Å². The molecule has 0 saturated heterocycles. The molecular weight excluding hydrogens is 256 g/mol. The van der Waals surface area contributed by atoms with E-state index in [9.17, 15) is 4.79 Å². The van der Waals surface area contributed by atoms with Crippen LogP contribution in [0.4, 0.5) is 5.69 Å². The third-order valence-corrected chi connectivity index (χ3v) is 2.94. The monoisotopic (exact) mass is 280 g/mol. The first-order valence-corrected chi connectivity index (χ1v) is 6.99. The zero-order chi connectivity index (χ0) is 15.0. The minimum absolute atomic E-state index is 0.176. The second kappa shape index (κ2) is 8.43. The SMILES string of the molecule is CCCCC(N)C(=O)Nc1ccc(OCC)c(OC)c1. The number of anilines is 1. The molecule has 0 saturated carbocycles. The van der Waals surface area contributed by atoms with Gasteiger partial charge >= 0.3 is 0 Å². The number of benzene rings is 1. The van der Waals surface area contributed by atoms with Crippen molar-refractivity contribution in [2.24, 2.45) is 5.73 Å². The van der Waals surface area contributed by atoms with Crippen molar-refractivity contribution in [2.45, 2.75) is 39.2 Å². The Balaban J connectivity index is 2.70. The molecule has 3 N–H and O–H groups in total. The van der Waals surface area contributed by atoms with E-state index in [1.807, 2.05) is 6.92 Å². The van der Waals surface area contributed by atoms with E-state index in [0.717, 1.165) is 12.8 Å². The van der Waals surface area contributed by atoms with Crippen LogP contribution in [0.3, 0.4) is 0 Å². The number of hydrogen-bond donors (Lipinski definition) is 2. The number of unbranched alkanes of at least 4 members (excludes halogenated alkanes) is 1. The standard InChI is InChI=1S/C15H24N2O3/c1-4-6-7-12(16)15(18)17-11-8-9-13(20-5-2)14(10-11)19-3/h8-10,12H,4-7,16H2,1-3H3,(H,17,18). The quantitative estimate of drug-likeness (QED) is 0.767. The molecule has 0 fully saturated rings. The van der Waals surface area contributed by atoms with Gasteiger partial charge in [0, 0.05) is 11.8 Å². The lowest BCUT2D eigenvalue weighted by Gasteiger charge is -2.14. The van der Waals surface area contributed by atoms with Gasteiger partial charge in [-0.15, -0.1) is 0 Å². The average Bonchev–Trinajstić information content (AvgIpc) is 2.46. The largest absolute Gasteiger partial charge is 0.493 e. The molecule has 1 atom stereocenters. The van der Waals surface area contributed by atoms with Crippen LogP contribution in [0.15, 0.2) is 18.2 Å². The van der Waals surface area contributed by atoms with Crippen molar-refractivity contribution in [2.75, 3.05) is 19.0 Å². The molecule has 1 amide bonds. The number of methoxy groups -OCH3 is 1. The zero-order valence-corrected chi connectivity index (χ0v) is 12.4. The molecule has 0 spiro atoms. The van der Waals surface area contributed by atoms with E-state index in [2.05, 4.69) is 12.2 Å². The Morgan fingerprint density at radius 3 is 2.70 bits per heavy atom. The van der Waals surface area contributed by atoms with Gasteiger partial charge in [0.2, 0.25) is 5.91 Å². The van der Waals surface area contributed by atoms with Crippen LogP contribution in [0.1, 0.15) is 33.1 Å². The molecule has 0 radical (unpaired) electrons. The van der Waals surface area contributed by atoms with Crippen LogP contribution in [0.25, 0.3) is 0 Å². The first-order valence-electron chi connectivity index (χ1n) is 6.99. The number of carbonyl (C=O) groups is 1. The number of nitrogens with one attached hydrogen (secondary N) is 1. The van der Waals surface area contributed by atoms with Gasteiger partial charge in [-0.25, -0.2) is 0 Å². The number of ether oxygens (including phenoxy) is 2. The minimum atomic E-state index is -0.479. The van der Waals surface area contributed by atoms with Crippen molar-refractivity contribution in [1.29, 1.82) is 0 Å². The van der Waals surface area contributed by atoms with E-state index in [1.165, 1.54) is 0 Å². The molecule has 0 aliphatic heterocycles. The fraction of sp³-hybridized carbons (Fsp3) is 0.533. The van der Waals surface area contributed by atoms with Gasteiger partial charge in [-0.1, -0.05) is 19.8 Å². The summed E-state index contributed by atoms with van der Waals surface area (Å²) >= 11 is 0. The Morgan fingerprint density at radius 2 is 2.10 bits per heavy atom. The van der Waals surface area contributed by atoms with Gasteiger partial charge in [0.15, 0.2) is 11.5 Å². The number of amides is 1. The highest BCUT2D eigenvalue weighted by Crippen LogP contribution is 2.30. The third-order valence-electron chi connectivity index (χ3n) is 2.94. The average molecular weight is 280 g/mol. The molecular formula is C15H24N2O3. The maximum absolute atomic E-state index is 11.9. The number of rotatable bonds is 8.